The van der Waals surface area contributed by atoms with Gasteiger partial charge in [-0.3, -0.25) is 4.99 Å². The second kappa shape index (κ2) is 6.67. The van der Waals surface area contributed by atoms with Crippen LogP contribution in [0.15, 0.2) is 40.2 Å². The Kier molecular flexibility index (Phi) is 4.45. The molecule has 0 fully saturated rings. The zero-order valence-corrected chi connectivity index (χ0v) is 13.8. The molecule has 3 rings (SSSR count). The highest BCUT2D eigenvalue weighted by atomic mass is 32.1. The third-order valence-corrected chi connectivity index (χ3v) is 4.54. The van der Waals surface area contributed by atoms with Gasteiger partial charge in [0.1, 0.15) is 6.07 Å². The van der Waals surface area contributed by atoms with E-state index in [1.165, 1.54) is 0 Å². The minimum absolute atomic E-state index is 0.570. The van der Waals surface area contributed by atoms with Crippen molar-refractivity contribution >= 4 is 23.1 Å². The van der Waals surface area contributed by atoms with Crippen molar-refractivity contribution in [3.63, 3.8) is 0 Å². The van der Waals surface area contributed by atoms with E-state index in [-0.39, 0.29) is 0 Å². The molecule has 0 atom stereocenters. The van der Waals surface area contributed by atoms with Crippen LogP contribution in [0.3, 0.4) is 0 Å². The summed E-state index contributed by atoms with van der Waals surface area (Å²) in [5.74, 6) is 1.35. The van der Waals surface area contributed by atoms with Gasteiger partial charge in [0.15, 0.2) is 11.5 Å². The fourth-order valence-electron chi connectivity index (χ4n) is 2.62. The van der Waals surface area contributed by atoms with E-state index in [0.717, 1.165) is 28.1 Å². The van der Waals surface area contributed by atoms with Gasteiger partial charge in [-0.1, -0.05) is 6.07 Å². The van der Waals surface area contributed by atoms with E-state index in [1.54, 1.807) is 25.6 Å². The first-order valence-electron chi connectivity index (χ1n) is 7.22. The number of nitrogens with zero attached hydrogens (tertiary/aromatic N) is 2. The lowest BCUT2D eigenvalue weighted by atomic mass is 9.92. The minimum atomic E-state index is 0.570. The third kappa shape index (κ3) is 2.99. The summed E-state index contributed by atoms with van der Waals surface area (Å²) in [7, 11) is 3.23. The third-order valence-electron chi connectivity index (χ3n) is 3.72. The molecule has 23 heavy (non-hydrogen) atoms. The van der Waals surface area contributed by atoms with Gasteiger partial charge in [0.05, 0.1) is 25.5 Å². The number of ether oxygens (including phenoxy) is 2. The van der Waals surface area contributed by atoms with E-state index >= 15 is 0 Å². The van der Waals surface area contributed by atoms with Crippen LogP contribution in [0.4, 0.5) is 0 Å². The van der Waals surface area contributed by atoms with Crippen LogP contribution >= 0.6 is 11.3 Å². The molecule has 0 saturated heterocycles. The van der Waals surface area contributed by atoms with Crippen molar-refractivity contribution in [2.45, 2.75) is 6.42 Å². The molecular formula is C18H16N2O2S. The van der Waals surface area contributed by atoms with Gasteiger partial charge in [0, 0.05) is 17.0 Å². The number of thiophene rings is 1. The van der Waals surface area contributed by atoms with Crippen LogP contribution in [0, 0.1) is 11.3 Å². The summed E-state index contributed by atoms with van der Waals surface area (Å²) in [6.07, 6.45) is 2.71. The highest BCUT2D eigenvalue weighted by Crippen LogP contribution is 2.34. The fourth-order valence-corrected chi connectivity index (χ4v) is 3.28. The van der Waals surface area contributed by atoms with Crippen molar-refractivity contribution in [1.82, 2.24) is 0 Å². The normalized spacial score (nSPS) is 13.8. The molecule has 0 aliphatic carbocycles. The molecule has 0 amide bonds. The van der Waals surface area contributed by atoms with Crippen molar-refractivity contribution in [1.29, 1.82) is 5.26 Å². The molecule has 0 bridgehead atoms. The van der Waals surface area contributed by atoms with Crippen LogP contribution < -0.4 is 9.47 Å². The molecule has 1 aliphatic rings. The highest BCUT2D eigenvalue weighted by molar-refractivity contribution is 7.10. The Morgan fingerprint density at radius 2 is 2.09 bits per heavy atom. The van der Waals surface area contributed by atoms with Gasteiger partial charge in [0.2, 0.25) is 0 Å². The molecular weight excluding hydrogens is 308 g/mol. The Hall–Kier alpha value is -2.58. The lowest BCUT2D eigenvalue weighted by Gasteiger charge is -2.19. The monoisotopic (exact) mass is 324 g/mol. The van der Waals surface area contributed by atoms with Crippen molar-refractivity contribution < 1.29 is 9.47 Å². The summed E-state index contributed by atoms with van der Waals surface area (Å²) >= 11 is 1.60. The second-order valence-electron chi connectivity index (χ2n) is 5.03. The summed E-state index contributed by atoms with van der Waals surface area (Å²) in [5.41, 5.74) is 3.36. The average molecular weight is 324 g/mol. The maximum atomic E-state index is 9.58. The Balaban J connectivity index is 2.09. The van der Waals surface area contributed by atoms with Gasteiger partial charge in [0.25, 0.3) is 0 Å². The van der Waals surface area contributed by atoms with Gasteiger partial charge in [-0.2, -0.15) is 5.26 Å². The predicted molar refractivity (Wildman–Crippen MR) is 92.6 cm³/mol. The van der Waals surface area contributed by atoms with Gasteiger partial charge < -0.3 is 9.47 Å². The number of hydrogen-bond donors (Lipinski definition) is 0. The Bertz CT molecular complexity index is 814. The summed E-state index contributed by atoms with van der Waals surface area (Å²) in [6.45, 7) is 0.668. The minimum Gasteiger partial charge on any atom is -0.493 e. The van der Waals surface area contributed by atoms with E-state index in [0.29, 0.717) is 23.6 Å². The number of fused-ring (bicyclic) bond motifs is 1. The first-order chi connectivity index (χ1) is 11.3. The molecule has 1 aliphatic heterocycles. The van der Waals surface area contributed by atoms with Crippen LogP contribution in [0.5, 0.6) is 11.5 Å². The molecule has 0 saturated carbocycles. The average Bonchev–Trinajstić information content (AvgIpc) is 3.11. The number of benzene rings is 1. The summed E-state index contributed by atoms with van der Waals surface area (Å²) in [4.78, 5) is 5.63. The topological polar surface area (TPSA) is 54.6 Å². The van der Waals surface area contributed by atoms with Crippen molar-refractivity contribution in [3.05, 3.63) is 51.2 Å². The molecule has 1 aromatic heterocycles. The van der Waals surface area contributed by atoms with Crippen molar-refractivity contribution in [3.8, 4) is 17.6 Å². The van der Waals surface area contributed by atoms with Crippen LogP contribution in [0.2, 0.25) is 0 Å². The van der Waals surface area contributed by atoms with E-state index < -0.39 is 0 Å². The molecule has 116 valence electrons. The number of methoxy groups -OCH3 is 2. The molecule has 1 aromatic carbocycles. The Labute approximate surface area is 139 Å². The van der Waals surface area contributed by atoms with Gasteiger partial charge in [-0.05, 0) is 41.6 Å². The fraction of sp³-hybridized carbons (Fsp3) is 0.222. The molecule has 0 spiro atoms. The van der Waals surface area contributed by atoms with Crippen molar-refractivity contribution in [2.24, 2.45) is 4.99 Å². The van der Waals surface area contributed by atoms with Crippen LogP contribution in [0.1, 0.15) is 16.0 Å². The van der Waals surface area contributed by atoms with E-state index in [4.69, 9.17) is 9.47 Å². The van der Waals surface area contributed by atoms with Crippen molar-refractivity contribution in [2.75, 3.05) is 20.8 Å². The number of allylic oxidation sites excluding steroid dienone is 1. The largest absolute Gasteiger partial charge is 0.493 e. The van der Waals surface area contributed by atoms with Gasteiger partial charge in [-0.25, -0.2) is 0 Å². The number of hydrogen-bond acceptors (Lipinski definition) is 5. The van der Waals surface area contributed by atoms with Crippen LogP contribution in [-0.4, -0.2) is 26.5 Å². The van der Waals surface area contributed by atoms with Crippen LogP contribution in [0.25, 0.3) is 6.08 Å². The number of nitriles is 1. The smallest absolute Gasteiger partial charge is 0.161 e. The number of aliphatic imine (C=N–C) groups is 1. The van der Waals surface area contributed by atoms with E-state index in [9.17, 15) is 5.26 Å². The van der Waals surface area contributed by atoms with E-state index in [1.807, 2.05) is 35.7 Å². The highest BCUT2D eigenvalue weighted by Gasteiger charge is 2.21. The SMILES string of the molecule is COc1cc2c(cc1OC)C(C(C#N)=Cc1cccs1)=NCC2. The predicted octanol–water partition coefficient (Wildman–Crippen LogP) is 3.72. The first-order valence-corrected chi connectivity index (χ1v) is 8.10. The molecule has 5 heteroatoms. The summed E-state index contributed by atoms with van der Waals surface area (Å²) < 4.78 is 10.8. The first kappa shape index (κ1) is 15.3. The molecule has 2 aromatic rings. The van der Waals surface area contributed by atoms with Crippen LogP contribution in [-0.2, 0) is 6.42 Å². The zero-order chi connectivity index (χ0) is 16.2. The van der Waals surface area contributed by atoms with Gasteiger partial charge in [-0.15, -0.1) is 11.3 Å². The number of rotatable bonds is 4. The summed E-state index contributed by atoms with van der Waals surface area (Å²) in [5, 5.41) is 11.6. The zero-order valence-electron chi connectivity index (χ0n) is 13.0. The molecule has 0 N–H and O–H groups in total. The van der Waals surface area contributed by atoms with Gasteiger partial charge >= 0.3 is 0 Å². The molecule has 4 nitrogen and oxygen atoms in total. The second-order valence-corrected chi connectivity index (χ2v) is 6.01. The maximum Gasteiger partial charge on any atom is 0.161 e. The molecule has 0 radical (unpaired) electrons. The molecule has 0 unspecified atom stereocenters. The molecule has 2 heterocycles. The Morgan fingerprint density at radius 3 is 2.74 bits per heavy atom. The lowest BCUT2D eigenvalue weighted by Crippen LogP contribution is -2.15. The quantitative estimate of drug-likeness (QED) is 0.806. The lowest BCUT2D eigenvalue weighted by molar-refractivity contribution is 0.354. The maximum absolute atomic E-state index is 9.58. The van der Waals surface area contributed by atoms with E-state index in [2.05, 4.69) is 11.1 Å². The Morgan fingerprint density at radius 1 is 1.30 bits per heavy atom. The summed E-state index contributed by atoms with van der Waals surface area (Å²) in [6, 6.07) is 10.1. The standard InChI is InChI=1S/C18H16N2O2S/c1-21-16-9-12-5-6-20-18(15(12)10-17(16)22-2)13(11-19)8-14-4-3-7-23-14/h3-4,7-10H,5-6H2,1-2H3.